The number of hydrogen-bond acceptors (Lipinski definition) is 10. The Morgan fingerprint density at radius 1 is 1.04 bits per heavy atom. The number of carbonyl (C=O) groups is 2. The van der Waals surface area contributed by atoms with Gasteiger partial charge >= 0.3 is 12.1 Å². The SMILES string of the molecule is CCCC(CCC)S(=O)(=O)C[C@H](NC(=O)O[C@H]1CCOC1)C(=O)O[C@H](CNCc1cccc(OC)c1)[C@@H](N)Cc1ccccc1. The monoisotopic (exact) mass is 647 g/mol. The molecule has 0 spiro atoms. The maximum Gasteiger partial charge on any atom is 0.408 e. The number of carbonyl (C=O) groups excluding carboxylic acids is 2. The van der Waals surface area contributed by atoms with Gasteiger partial charge in [0.05, 0.1) is 31.3 Å². The van der Waals surface area contributed by atoms with E-state index in [1.807, 2.05) is 68.4 Å². The fourth-order valence-electron chi connectivity index (χ4n) is 5.29. The number of methoxy groups -OCH3 is 1. The van der Waals surface area contributed by atoms with Crippen LogP contribution in [0.2, 0.25) is 0 Å². The van der Waals surface area contributed by atoms with Crippen molar-refractivity contribution < 1.29 is 37.0 Å². The number of benzene rings is 2. The highest BCUT2D eigenvalue weighted by Gasteiger charge is 2.36. The number of alkyl carbamates (subject to hydrolysis) is 1. The molecule has 11 nitrogen and oxygen atoms in total. The number of nitrogens with one attached hydrogen (secondary N) is 2. The molecule has 0 unspecified atom stereocenters. The third-order valence-electron chi connectivity index (χ3n) is 7.73. The molecule has 4 N–H and O–H groups in total. The van der Waals surface area contributed by atoms with E-state index in [4.69, 9.17) is 24.7 Å². The molecule has 1 fully saturated rings. The smallest absolute Gasteiger partial charge is 0.408 e. The maximum atomic E-state index is 13.7. The molecule has 0 aliphatic carbocycles. The van der Waals surface area contributed by atoms with Crippen molar-refractivity contribution in [2.45, 2.75) is 88.5 Å². The Kier molecular flexibility index (Phi) is 15.1. The topological polar surface area (TPSA) is 155 Å². The molecule has 3 rings (SSSR count). The lowest BCUT2D eigenvalue weighted by atomic mass is 10.0. The van der Waals surface area contributed by atoms with E-state index in [1.54, 1.807) is 7.11 Å². The van der Waals surface area contributed by atoms with E-state index in [9.17, 15) is 18.0 Å². The van der Waals surface area contributed by atoms with Gasteiger partial charge in [-0.05, 0) is 42.5 Å². The number of nitrogens with two attached hydrogens (primary N) is 1. The van der Waals surface area contributed by atoms with Gasteiger partial charge in [-0.15, -0.1) is 0 Å². The van der Waals surface area contributed by atoms with Gasteiger partial charge in [-0.2, -0.15) is 0 Å². The zero-order valence-corrected chi connectivity index (χ0v) is 27.4. The predicted molar refractivity (Wildman–Crippen MR) is 173 cm³/mol. The van der Waals surface area contributed by atoms with Gasteiger partial charge in [-0.1, -0.05) is 69.2 Å². The number of amides is 1. The van der Waals surface area contributed by atoms with Crippen molar-refractivity contribution in [2.75, 3.05) is 32.6 Å². The van der Waals surface area contributed by atoms with Crippen LogP contribution in [0, 0.1) is 0 Å². The third kappa shape index (κ3) is 12.3. The molecule has 12 heteroatoms. The molecule has 1 amide bonds. The van der Waals surface area contributed by atoms with E-state index < -0.39 is 57.2 Å². The Morgan fingerprint density at radius 2 is 1.76 bits per heavy atom. The normalized spacial score (nSPS) is 17.0. The van der Waals surface area contributed by atoms with Crippen molar-refractivity contribution in [3.8, 4) is 5.75 Å². The number of esters is 1. The average molecular weight is 648 g/mol. The number of sulfone groups is 1. The highest BCUT2D eigenvalue weighted by atomic mass is 32.2. The van der Waals surface area contributed by atoms with Crippen LogP contribution in [0.3, 0.4) is 0 Å². The maximum absolute atomic E-state index is 13.7. The van der Waals surface area contributed by atoms with Crippen LogP contribution in [0.1, 0.15) is 57.1 Å². The molecule has 2 aromatic rings. The first-order valence-electron chi connectivity index (χ1n) is 15.7. The van der Waals surface area contributed by atoms with Crippen LogP contribution in [0.15, 0.2) is 54.6 Å². The molecule has 4 atom stereocenters. The highest BCUT2D eigenvalue weighted by molar-refractivity contribution is 7.92. The standard InChI is InChI=1S/C33H49N3O8S/c1-4-10-28(11-5-2)45(39,40)23-30(36-33(38)43-27-16-17-42-22-27)32(37)44-31(29(34)19-24-12-7-6-8-13-24)21-35-20-25-14-9-15-26(18-25)41-3/h6-9,12-15,18,27-31,35H,4-5,10-11,16-17,19-23,34H2,1-3H3,(H,36,38)/t27-,29-,30-,31+/m0/s1. The largest absolute Gasteiger partial charge is 0.497 e. The lowest BCUT2D eigenvalue weighted by Gasteiger charge is -2.28. The summed E-state index contributed by atoms with van der Waals surface area (Å²) in [5, 5.41) is 5.14. The fraction of sp³-hybridized carbons (Fsp3) is 0.576. The molecule has 0 saturated carbocycles. The molecule has 1 saturated heterocycles. The van der Waals surface area contributed by atoms with Crippen LogP contribution in [0.5, 0.6) is 5.75 Å². The lowest BCUT2D eigenvalue weighted by molar-refractivity contribution is -0.151. The first-order valence-corrected chi connectivity index (χ1v) is 17.5. The zero-order valence-electron chi connectivity index (χ0n) is 26.6. The minimum atomic E-state index is -3.78. The summed E-state index contributed by atoms with van der Waals surface area (Å²) in [5.74, 6) is -0.777. The van der Waals surface area contributed by atoms with Gasteiger partial charge in [-0.25, -0.2) is 18.0 Å². The summed E-state index contributed by atoms with van der Waals surface area (Å²) in [5.41, 5.74) is 8.52. The van der Waals surface area contributed by atoms with Crippen molar-refractivity contribution >= 4 is 21.9 Å². The van der Waals surface area contributed by atoms with Crippen LogP contribution < -0.4 is 21.1 Å². The van der Waals surface area contributed by atoms with Crippen LogP contribution in [-0.4, -0.2) is 82.6 Å². The van der Waals surface area contributed by atoms with E-state index in [0.717, 1.165) is 11.1 Å². The summed E-state index contributed by atoms with van der Waals surface area (Å²) in [4.78, 5) is 26.6. The van der Waals surface area contributed by atoms with Gasteiger partial charge in [0.25, 0.3) is 0 Å². The van der Waals surface area contributed by atoms with Gasteiger partial charge in [-0.3, -0.25) is 0 Å². The van der Waals surface area contributed by atoms with Crippen LogP contribution in [-0.2, 0) is 41.8 Å². The van der Waals surface area contributed by atoms with Gasteiger partial charge < -0.3 is 35.3 Å². The summed E-state index contributed by atoms with van der Waals surface area (Å²) in [6, 6.07) is 15.0. The van der Waals surface area contributed by atoms with Crippen LogP contribution in [0.4, 0.5) is 4.79 Å². The Labute approximate surface area is 267 Å². The molecule has 2 aromatic carbocycles. The van der Waals surface area contributed by atoms with Crippen molar-refractivity contribution in [3.05, 3.63) is 65.7 Å². The highest BCUT2D eigenvalue weighted by Crippen LogP contribution is 2.19. The zero-order chi connectivity index (χ0) is 32.7. The van der Waals surface area contributed by atoms with Crippen LogP contribution in [0.25, 0.3) is 0 Å². The number of ether oxygens (including phenoxy) is 4. The van der Waals surface area contributed by atoms with E-state index >= 15 is 0 Å². The average Bonchev–Trinajstić information content (AvgIpc) is 3.53. The fourth-order valence-corrected chi connectivity index (χ4v) is 7.43. The second-order valence-corrected chi connectivity index (χ2v) is 13.8. The number of rotatable bonds is 19. The van der Waals surface area contributed by atoms with E-state index in [0.29, 0.717) is 57.4 Å². The Balaban J connectivity index is 1.80. The molecule has 0 bridgehead atoms. The summed E-state index contributed by atoms with van der Waals surface area (Å²) >= 11 is 0. The first-order chi connectivity index (χ1) is 21.6. The van der Waals surface area contributed by atoms with E-state index in [-0.39, 0.29) is 13.2 Å². The van der Waals surface area contributed by atoms with Gasteiger partial charge in [0.2, 0.25) is 0 Å². The second kappa shape index (κ2) is 18.7. The molecule has 250 valence electrons. The summed E-state index contributed by atoms with van der Waals surface area (Å²) < 4.78 is 49.0. The Morgan fingerprint density at radius 3 is 2.40 bits per heavy atom. The minimum Gasteiger partial charge on any atom is -0.497 e. The molecule has 1 heterocycles. The van der Waals surface area contributed by atoms with Gasteiger partial charge in [0, 0.05) is 25.6 Å². The van der Waals surface area contributed by atoms with Crippen molar-refractivity contribution in [1.29, 1.82) is 0 Å². The summed E-state index contributed by atoms with van der Waals surface area (Å²) in [7, 11) is -2.19. The molecular formula is C33H49N3O8S. The first kappa shape index (κ1) is 36.3. The quantitative estimate of drug-likeness (QED) is 0.193. The van der Waals surface area contributed by atoms with E-state index in [1.165, 1.54) is 0 Å². The van der Waals surface area contributed by atoms with Crippen molar-refractivity contribution in [1.82, 2.24) is 10.6 Å². The van der Waals surface area contributed by atoms with E-state index in [2.05, 4.69) is 10.6 Å². The van der Waals surface area contributed by atoms with Gasteiger partial charge in [0.1, 0.15) is 24.0 Å². The molecule has 1 aliphatic rings. The van der Waals surface area contributed by atoms with Crippen LogP contribution >= 0.6 is 0 Å². The van der Waals surface area contributed by atoms with Crippen molar-refractivity contribution in [3.63, 3.8) is 0 Å². The van der Waals surface area contributed by atoms with Gasteiger partial charge in [0.15, 0.2) is 9.84 Å². The molecular weight excluding hydrogens is 598 g/mol. The number of hydrogen-bond donors (Lipinski definition) is 3. The Bertz CT molecular complexity index is 1280. The molecule has 0 radical (unpaired) electrons. The molecule has 45 heavy (non-hydrogen) atoms. The lowest BCUT2D eigenvalue weighted by Crippen LogP contribution is -2.52. The summed E-state index contributed by atoms with van der Waals surface area (Å²) in [6.07, 6.45) is 0.986. The third-order valence-corrected chi connectivity index (χ3v) is 10.0. The minimum absolute atomic E-state index is 0.189. The molecule has 0 aromatic heterocycles. The second-order valence-electron chi connectivity index (χ2n) is 11.4. The predicted octanol–water partition coefficient (Wildman–Crippen LogP) is 3.53. The molecule has 1 aliphatic heterocycles. The Hall–Kier alpha value is -3.19. The summed E-state index contributed by atoms with van der Waals surface area (Å²) in [6.45, 7) is 5.17. The van der Waals surface area contributed by atoms with Crippen molar-refractivity contribution in [2.24, 2.45) is 5.73 Å².